The van der Waals surface area contributed by atoms with Crippen molar-refractivity contribution in [3.63, 3.8) is 0 Å². The van der Waals surface area contributed by atoms with E-state index in [0.717, 1.165) is 24.9 Å². The minimum atomic E-state index is 0.208. The zero-order valence-electron chi connectivity index (χ0n) is 14.1. The Labute approximate surface area is 146 Å². The van der Waals surface area contributed by atoms with E-state index in [9.17, 15) is 0 Å². The predicted octanol–water partition coefficient (Wildman–Crippen LogP) is 3.50. The maximum atomic E-state index is 5.79. The summed E-state index contributed by atoms with van der Waals surface area (Å²) in [5, 5.41) is 7.27. The molecule has 7 heteroatoms. The molecule has 0 spiro atoms. The molecule has 0 aliphatic heterocycles. The van der Waals surface area contributed by atoms with Crippen molar-refractivity contribution >= 4 is 11.8 Å². The standard InChI is InChI=1S/C18H21N5O2/c1-2-3-9-20-17-16(11-21-18(19)22-17)24-12-14-10-15(25-23-14)13-7-5-4-6-8-13/h4-8,10-11H,2-3,9,12H2,1H3,(H3,19,20,21,22). The summed E-state index contributed by atoms with van der Waals surface area (Å²) >= 11 is 0. The summed E-state index contributed by atoms with van der Waals surface area (Å²) in [6, 6.07) is 11.7. The van der Waals surface area contributed by atoms with Gasteiger partial charge in [-0.1, -0.05) is 48.8 Å². The molecule has 0 aliphatic rings. The van der Waals surface area contributed by atoms with Crippen LogP contribution in [-0.2, 0) is 6.61 Å². The van der Waals surface area contributed by atoms with Gasteiger partial charge in [0.25, 0.3) is 0 Å². The van der Waals surface area contributed by atoms with Crippen LogP contribution in [0.1, 0.15) is 25.5 Å². The number of ether oxygens (including phenoxy) is 1. The average molecular weight is 339 g/mol. The second-order valence-corrected chi connectivity index (χ2v) is 5.56. The van der Waals surface area contributed by atoms with E-state index in [0.29, 0.717) is 23.0 Å². The lowest BCUT2D eigenvalue weighted by Crippen LogP contribution is -2.08. The molecule has 3 aromatic rings. The van der Waals surface area contributed by atoms with Crippen molar-refractivity contribution in [1.29, 1.82) is 0 Å². The number of rotatable bonds is 8. The molecule has 0 aliphatic carbocycles. The maximum absolute atomic E-state index is 5.79. The first kappa shape index (κ1) is 16.8. The zero-order chi connectivity index (χ0) is 17.5. The highest BCUT2D eigenvalue weighted by Crippen LogP contribution is 2.24. The first-order chi connectivity index (χ1) is 12.3. The van der Waals surface area contributed by atoms with E-state index < -0.39 is 0 Å². The van der Waals surface area contributed by atoms with E-state index in [1.54, 1.807) is 6.20 Å². The topological polar surface area (TPSA) is 99.1 Å². The Morgan fingerprint density at radius 2 is 2.08 bits per heavy atom. The number of nitrogen functional groups attached to an aromatic ring is 1. The van der Waals surface area contributed by atoms with Crippen LogP contribution in [-0.4, -0.2) is 21.7 Å². The summed E-state index contributed by atoms with van der Waals surface area (Å²) in [5.74, 6) is 2.04. The van der Waals surface area contributed by atoms with Gasteiger partial charge in [0.2, 0.25) is 5.95 Å². The SMILES string of the molecule is CCCCNc1nc(N)ncc1OCc1cc(-c2ccccc2)on1. The van der Waals surface area contributed by atoms with E-state index in [2.05, 4.69) is 27.4 Å². The lowest BCUT2D eigenvalue weighted by atomic mass is 10.2. The molecule has 3 N–H and O–H groups in total. The molecule has 7 nitrogen and oxygen atoms in total. The molecule has 0 saturated carbocycles. The lowest BCUT2D eigenvalue weighted by Gasteiger charge is -2.11. The fourth-order valence-corrected chi connectivity index (χ4v) is 2.27. The molecule has 130 valence electrons. The van der Waals surface area contributed by atoms with Gasteiger partial charge in [-0.3, -0.25) is 0 Å². The monoisotopic (exact) mass is 339 g/mol. The van der Waals surface area contributed by atoms with Crippen LogP contribution in [0.25, 0.3) is 11.3 Å². The predicted molar refractivity (Wildman–Crippen MR) is 96.1 cm³/mol. The molecular formula is C18H21N5O2. The molecule has 0 saturated heterocycles. The average Bonchev–Trinajstić information content (AvgIpc) is 3.11. The highest BCUT2D eigenvalue weighted by Gasteiger charge is 2.10. The third-order valence-electron chi connectivity index (χ3n) is 3.59. The molecule has 0 atom stereocenters. The Bertz CT molecular complexity index is 804. The maximum Gasteiger partial charge on any atom is 0.222 e. The van der Waals surface area contributed by atoms with Crippen molar-refractivity contribution in [2.45, 2.75) is 26.4 Å². The van der Waals surface area contributed by atoms with Gasteiger partial charge in [-0.05, 0) is 6.42 Å². The molecule has 25 heavy (non-hydrogen) atoms. The smallest absolute Gasteiger partial charge is 0.222 e. The molecule has 3 rings (SSSR count). The normalized spacial score (nSPS) is 10.6. The van der Waals surface area contributed by atoms with Crippen LogP contribution in [0.2, 0.25) is 0 Å². The minimum Gasteiger partial charge on any atom is -0.482 e. The largest absolute Gasteiger partial charge is 0.482 e. The number of benzene rings is 1. The van der Waals surface area contributed by atoms with Gasteiger partial charge in [0.15, 0.2) is 17.3 Å². The van der Waals surface area contributed by atoms with Crippen molar-refractivity contribution in [3.8, 4) is 17.1 Å². The number of nitrogens with two attached hydrogens (primary N) is 1. The number of aromatic nitrogens is 3. The van der Waals surface area contributed by atoms with Crippen LogP contribution in [0.4, 0.5) is 11.8 Å². The van der Waals surface area contributed by atoms with E-state index >= 15 is 0 Å². The number of nitrogens with one attached hydrogen (secondary N) is 1. The van der Waals surface area contributed by atoms with Crippen molar-refractivity contribution in [3.05, 3.63) is 48.3 Å². The Balaban J connectivity index is 1.66. The first-order valence-corrected chi connectivity index (χ1v) is 8.26. The van der Waals surface area contributed by atoms with E-state index in [1.807, 2.05) is 36.4 Å². The van der Waals surface area contributed by atoms with E-state index in [1.165, 1.54) is 0 Å². The van der Waals surface area contributed by atoms with Crippen molar-refractivity contribution in [2.75, 3.05) is 17.6 Å². The third kappa shape index (κ3) is 4.47. The van der Waals surface area contributed by atoms with Gasteiger partial charge in [0, 0.05) is 18.2 Å². The van der Waals surface area contributed by atoms with Gasteiger partial charge >= 0.3 is 0 Å². The van der Waals surface area contributed by atoms with Crippen molar-refractivity contribution in [2.24, 2.45) is 0 Å². The van der Waals surface area contributed by atoms with E-state index in [4.69, 9.17) is 15.0 Å². The zero-order valence-corrected chi connectivity index (χ0v) is 14.1. The second-order valence-electron chi connectivity index (χ2n) is 5.56. The van der Waals surface area contributed by atoms with E-state index in [-0.39, 0.29) is 12.6 Å². The molecule has 1 aromatic carbocycles. The summed E-state index contributed by atoms with van der Waals surface area (Å²) in [4.78, 5) is 8.19. The van der Waals surface area contributed by atoms with Crippen LogP contribution < -0.4 is 15.8 Å². The van der Waals surface area contributed by atoms with Crippen LogP contribution in [0.3, 0.4) is 0 Å². The van der Waals surface area contributed by atoms with Crippen LogP contribution >= 0.6 is 0 Å². The van der Waals surface area contributed by atoms with Gasteiger partial charge in [0.1, 0.15) is 12.3 Å². The Morgan fingerprint density at radius 1 is 1.24 bits per heavy atom. The number of hydrogen-bond acceptors (Lipinski definition) is 7. The van der Waals surface area contributed by atoms with Gasteiger partial charge < -0.3 is 20.3 Å². The summed E-state index contributed by atoms with van der Waals surface area (Å²) in [6.07, 6.45) is 3.69. The Hall–Kier alpha value is -3.09. The summed E-state index contributed by atoms with van der Waals surface area (Å²) in [5.41, 5.74) is 7.32. The molecule has 0 fully saturated rings. The molecule has 2 heterocycles. The first-order valence-electron chi connectivity index (χ1n) is 8.26. The Kier molecular flexibility index (Phi) is 5.46. The summed E-state index contributed by atoms with van der Waals surface area (Å²) in [6.45, 7) is 3.18. The van der Waals surface area contributed by atoms with Crippen LogP contribution in [0.15, 0.2) is 47.1 Å². The fraction of sp³-hybridized carbons (Fsp3) is 0.278. The number of hydrogen-bond donors (Lipinski definition) is 2. The van der Waals surface area contributed by atoms with Crippen molar-refractivity contribution < 1.29 is 9.26 Å². The van der Waals surface area contributed by atoms with Gasteiger partial charge in [-0.2, -0.15) is 4.98 Å². The fourth-order valence-electron chi connectivity index (χ4n) is 2.27. The second kappa shape index (κ2) is 8.14. The molecule has 0 amide bonds. The quantitative estimate of drug-likeness (QED) is 0.606. The van der Waals surface area contributed by atoms with Crippen LogP contribution in [0, 0.1) is 0 Å². The Morgan fingerprint density at radius 3 is 2.88 bits per heavy atom. The highest BCUT2D eigenvalue weighted by atomic mass is 16.5. The molecule has 0 unspecified atom stereocenters. The van der Waals surface area contributed by atoms with Gasteiger partial charge in [-0.25, -0.2) is 4.98 Å². The molecular weight excluding hydrogens is 318 g/mol. The molecule has 0 bridgehead atoms. The summed E-state index contributed by atoms with van der Waals surface area (Å²) in [7, 11) is 0. The molecule has 0 radical (unpaired) electrons. The van der Waals surface area contributed by atoms with Gasteiger partial charge in [0.05, 0.1) is 6.20 Å². The number of anilines is 2. The van der Waals surface area contributed by atoms with Crippen molar-refractivity contribution in [1.82, 2.24) is 15.1 Å². The molecule has 2 aromatic heterocycles. The minimum absolute atomic E-state index is 0.208. The third-order valence-corrected chi connectivity index (χ3v) is 3.59. The number of unbranched alkanes of at least 4 members (excludes halogenated alkanes) is 1. The highest BCUT2D eigenvalue weighted by molar-refractivity contribution is 5.57. The number of nitrogens with zero attached hydrogens (tertiary/aromatic N) is 3. The van der Waals surface area contributed by atoms with Crippen LogP contribution in [0.5, 0.6) is 5.75 Å². The summed E-state index contributed by atoms with van der Waals surface area (Å²) < 4.78 is 11.2. The lowest BCUT2D eigenvalue weighted by molar-refractivity contribution is 0.289. The van der Waals surface area contributed by atoms with Gasteiger partial charge in [-0.15, -0.1) is 0 Å².